The second-order valence-electron chi connectivity index (χ2n) is 8.08. The third-order valence-corrected chi connectivity index (χ3v) is 6.91. The van der Waals surface area contributed by atoms with Crippen molar-refractivity contribution in [3.05, 3.63) is 75.3 Å². The Balaban J connectivity index is 1.91. The van der Waals surface area contributed by atoms with Gasteiger partial charge < -0.3 is 19.7 Å². The molecule has 10 heteroatoms. The number of rotatable bonds is 6. The van der Waals surface area contributed by atoms with Crippen molar-refractivity contribution in [1.82, 2.24) is 4.98 Å². The monoisotopic (exact) mass is 508 g/mol. The molecule has 9 nitrogen and oxygen atoms in total. The topological polar surface area (TPSA) is 126 Å². The zero-order valence-corrected chi connectivity index (χ0v) is 20.9. The van der Waals surface area contributed by atoms with Gasteiger partial charge in [-0.3, -0.25) is 14.5 Å². The Kier molecular flexibility index (Phi) is 6.80. The van der Waals surface area contributed by atoms with E-state index in [2.05, 4.69) is 4.98 Å². The lowest BCUT2D eigenvalue weighted by Crippen LogP contribution is -2.29. The normalized spacial score (nSPS) is 16.9. The number of hydrogen-bond donors (Lipinski definition) is 2. The molecule has 1 amide bonds. The van der Waals surface area contributed by atoms with E-state index in [-0.39, 0.29) is 33.7 Å². The molecule has 2 heterocycles. The van der Waals surface area contributed by atoms with E-state index < -0.39 is 23.7 Å². The SMILES string of the molecule is CCOC(=O)c1sc(N2C(=O)C(=O)/C(=C(/O)c3ccc(OC)c(C)c3)C2c2ccc(O)cc2)nc1C. The fourth-order valence-corrected chi connectivity index (χ4v) is 5.04. The third kappa shape index (κ3) is 4.31. The quantitative estimate of drug-likeness (QED) is 0.219. The van der Waals surface area contributed by atoms with Crippen LogP contribution in [0, 0.1) is 13.8 Å². The van der Waals surface area contributed by atoms with Gasteiger partial charge in [-0.05, 0) is 62.2 Å². The van der Waals surface area contributed by atoms with Gasteiger partial charge in [0.1, 0.15) is 22.1 Å². The number of ether oxygens (including phenoxy) is 2. The first kappa shape index (κ1) is 24.9. The molecule has 1 unspecified atom stereocenters. The third-order valence-electron chi connectivity index (χ3n) is 5.77. The van der Waals surface area contributed by atoms with Gasteiger partial charge in [0.25, 0.3) is 5.78 Å². The first-order valence-electron chi connectivity index (χ1n) is 11.1. The number of nitrogens with zero attached hydrogens (tertiary/aromatic N) is 2. The molecule has 2 aromatic carbocycles. The molecular formula is C26H24N2O7S. The number of aromatic hydroxyl groups is 1. The minimum atomic E-state index is -1.05. The Labute approximate surface area is 211 Å². The predicted molar refractivity (Wildman–Crippen MR) is 133 cm³/mol. The number of phenolic OH excluding ortho intramolecular Hbond substituents is 1. The van der Waals surface area contributed by atoms with E-state index in [1.807, 2.05) is 0 Å². The van der Waals surface area contributed by atoms with Crippen molar-refractivity contribution in [1.29, 1.82) is 0 Å². The Morgan fingerprint density at radius 3 is 2.44 bits per heavy atom. The maximum Gasteiger partial charge on any atom is 0.350 e. The van der Waals surface area contributed by atoms with E-state index in [1.54, 1.807) is 51.1 Å². The molecular weight excluding hydrogens is 484 g/mol. The summed E-state index contributed by atoms with van der Waals surface area (Å²) >= 11 is 0.926. The number of ketones is 1. The summed E-state index contributed by atoms with van der Waals surface area (Å²) in [6.45, 7) is 5.25. The number of hydrogen-bond acceptors (Lipinski definition) is 9. The first-order chi connectivity index (χ1) is 17.2. The molecule has 0 aliphatic carbocycles. The Morgan fingerprint density at radius 2 is 1.83 bits per heavy atom. The number of methoxy groups -OCH3 is 1. The van der Waals surface area contributed by atoms with E-state index >= 15 is 0 Å². The van der Waals surface area contributed by atoms with Crippen LogP contribution in [0.4, 0.5) is 5.13 Å². The standard InChI is InChI=1S/C26H24N2O7S/c1-5-35-25(33)23-14(3)27-26(36-23)28-20(15-6-9-17(29)10-7-15)19(22(31)24(28)32)21(30)16-8-11-18(34-4)13(2)12-16/h6-12,20,29-30H,5H2,1-4H3/b21-19+. The molecule has 36 heavy (non-hydrogen) atoms. The number of thiazole rings is 1. The van der Waals surface area contributed by atoms with Crippen LogP contribution in [-0.4, -0.2) is 46.6 Å². The van der Waals surface area contributed by atoms with Gasteiger partial charge in [0.2, 0.25) is 0 Å². The Hall–Kier alpha value is -4.18. The summed E-state index contributed by atoms with van der Waals surface area (Å²) in [5, 5.41) is 21.2. The highest BCUT2D eigenvalue weighted by Crippen LogP contribution is 2.44. The van der Waals surface area contributed by atoms with Gasteiger partial charge >= 0.3 is 11.9 Å². The largest absolute Gasteiger partial charge is 0.508 e. The highest BCUT2D eigenvalue weighted by atomic mass is 32.1. The van der Waals surface area contributed by atoms with Crippen LogP contribution in [0.25, 0.3) is 5.76 Å². The van der Waals surface area contributed by atoms with Crippen molar-refractivity contribution in [3.8, 4) is 11.5 Å². The van der Waals surface area contributed by atoms with Crippen LogP contribution in [-0.2, 0) is 14.3 Å². The fraction of sp³-hybridized carbons (Fsp3) is 0.231. The molecule has 186 valence electrons. The molecule has 3 aromatic rings. The molecule has 1 aromatic heterocycles. The number of carbonyl (C=O) groups excluding carboxylic acids is 3. The fourth-order valence-electron chi connectivity index (χ4n) is 4.05. The van der Waals surface area contributed by atoms with E-state index in [0.717, 1.165) is 21.8 Å². The van der Waals surface area contributed by atoms with Gasteiger partial charge in [0.15, 0.2) is 5.13 Å². The second kappa shape index (κ2) is 9.82. The highest BCUT2D eigenvalue weighted by molar-refractivity contribution is 7.17. The van der Waals surface area contributed by atoms with Crippen LogP contribution in [0.3, 0.4) is 0 Å². The van der Waals surface area contributed by atoms with Crippen molar-refractivity contribution in [2.75, 3.05) is 18.6 Å². The molecule has 1 fully saturated rings. The molecule has 0 radical (unpaired) electrons. The molecule has 1 aliphatic rings. The number of aliphatic hydroxyl groups is 1. The summed E-state index contributed by atoms with van der Waals surface area (Å²) in [4.78, 5) is 44.7. The maximum atomic E-state index is 13.3. The molecule has 1 atom stereocenters. The van der Waals surface area contributed by atoms with Crippen LogP contribution in [0.5, 0.6) is 11.5 Å². The van der Waals surface area contributed by atoms with Crippen molar-refractivity contribution >= 4 is 39.9 Å². The lowest BCUT2D eigenvalue weighted by atomic mass is 9.95. The van der Waals surface area contributed by atoms with Gasteiger partial charge in [-0.25, -0.2) is 9.78 Å². The molecule has 0 spiro atoms. The summed E-state index contributed by atoms with van der Waals surface area (Å²) < 4.78 is 10.4. The molecule has 0 bridgehead atoms. The highest BCUT2D eigenvalue weighted by Gasteiger charge is 2.48. The van der Waals surface area contributed by atoms with E-state index in [9.17, 15) is 24.6 Å². The van der Waals surface area contributed by atoms with E-state index in [1.165, 1.54) is 19.2 Å². The number of benzene rings is 2. The summed E-state index contributed by atoms with van der Waals surface area (Å²) in [6.07, 6.45) is 0. The van der Waals surface area contributed by atoms with Crippen molar-refractivity contribution in [2.45, 2.75) is 26.8 Å². The number of anilines is 1. The van der Waals surface area contributed by atoms with Crippen LogP contribution in [0.1, 0.15) is 45.0 Å². The summed E-state index contributed by atoms with van der Waals surface area (Å²) in [5.74, 6) is -2.14. The zero-order chi connectivity index (χ0) is 26.1. The summed E-state index contributed by atoms with van der Waals surface area (Å²) in [6, 6.07) is 9.81. The van der Waals surface area contributed by atoms with Gasteiger partial charge in [-0.15, -0.1) is 0 Å². The van der Waals surface area contributed by atoms with E-state index in [4.69, 9.17) is 9.47 Å². The lowest BCUT2D eigenvalue weighted by molar-refractivity contribution is -0.132. The zero-order valence-electron chi connectivity index (χ0n) is 20.1. The average Bonchev–Trinajstić information content (AvgIpc) is 3.36. The van der Waals surface area contributed by atoms with Crippen molar-refractivity contribution < 1.29 is 34.1 Å². The summed E-state index contributed by atoms with van der Waals surface area (Å²) in [7, 11) is 1.53. The smallest absolute Gasteiger partial charge is 0.350 e. The number of aliphatic hydroxyl groups excluding tert-OH is 1. The molecule has 4 rings (SSSR count). The van der Waals surface area contributed by atoms with E-state index in [0.29, 0.717) is 22.6 Å². The molecule has 1 aliphatic heterocycles. The number of amides is 1. The lowest BCUT2D eigenvalue weighted by Gasteiger charge is -2.23. The summed E-state index contributed by atoms with van der Waals surface area (Å²) in [5.41, 5.74) is 1.74. The van der Waals surface area contributed by atoms with Gasteiger partial charge in [0.05, 0.1) is 31.0 Å². The van der Waals surface area contributed by atoms with Crippen molar-refractivity contribution in [3.63, 3.8) is 0 Å². The minimum Gasteiger partial charge on any atom is -0.508 e. The van der Waals surface area contributed by atoms with Gasteiger partial charge in [-0.1, -0.05) is 23.5 Å². The first-order valence-corrected chi connectivity index (χ1v) is 11.9. The molecule has 0 saturated carbocycles. The number of aromatic nitrogens is 1. The maximum absolute atomic E-state index is 13.3. The van der Waals surface area contributed by atoms with Gasteiger partial charge in [0, 0.05) is 5.56 Å². The Bertz CT molecular complexity index is 1390. The van der Waals surface area contributed by atoms with Gasteiger partial charge in [-0.2, -0.15) is 0 Å². The number of esters is 1. The van der Waals surface area contributed by atoms with Crippen LogP contribution < -0.4 is 9.64 Å². The van der Waals surface area contributed by atoms with Crippen molar-refractivity contribution in [2.24, 2.45) is 0 Å². The van der Waals surface area contributed by atoms with Crippen LogP contribution in [0.15, 0.2) is 48.0 Å². The minimum absolute atomic E-state index is 0.00355. The average molecular weight is 509 g/mol. The number of phenols is 1. The van der Waals surface area contributed by atoms with Crippen LogP contribution >= 0.6 is 11.3 Å². The van der Waals surface area contributed by atoms with Crippen LogP contribution in [0.2, 0.25) is 0 Å². The number of carbonyl (C=O) groups is 3. The number of Topliss-reactive ketones (excluding diaryl/α,β-unsaturated/α-hetero) is 1. The Morgan fingerprint density at radius 1 is 1.14 bits per heavy atom. The predicted octanol–water partition coefficient (Wildman–Crippen LogP) is 4.28. The molecule has 2 N–H and O–H groups in total. The number of aryl methyl sites for hydroxylation is 2. The second-order valence-corrected chi connectivity index (χ2v) is 9.05. The molecule has 1 saturated heterocycles.